The minimum absolute atomic E-state index is 0.0137. The Kier molecular flexibility index (Phi) is 5.87. The largest absolute Gasteiger partial charge is 0.434 e. The number of aliphatic hydroxyl groups is 1. The van der Waals surface area contributed by atoms with Crippen LogP contribution in [-0.4, -0.2) is 30.1 Å². The van der Waals surface area contributed by atoms with Gasteiger partial charge in [-0.3, -0.25) is 9.59 Å². The van der Waals surface area contributed by atoms with Crippen LogP contribution in [0.5, 0.6) is 11.6 Å². The Morgan fingerprint density at radius 2 is 1.76 bits per heavy atom. The molecule has 152 valence electrons. The number of rotatable bonds is 5. The van der Waals surface area contributed by atoms with Gasteiger partial charge in [0, 0.05) is 11.6 Å². The van der Waals surface area contributed by atoms with E-state index in [1.807, 2.05) is 13.8 Å². The number of nitrogens with one attached hydrogen (secondary N) is 2. The summed E-state index contributed by atoms with van der Waals surface area (Å²) in [6.45, 7) is 3.02. The molecule has 3 rings (SSSR count). The molecule has 0 amide bonds. The minimum Gasteiger partial charge on any atom is -0.434 e. The normalized spacial score (nSPS) is 11.1. The molecule has 3 aromatic rings. The maximum atomic E-state index is 12.3. The lowest BCUT2D eigenvalue weighted by atomic mass is 10.1. The van der Waals surface area contributed by atoms with E-state index in [4.69, 9.17) is 27.9 Å². The van der Waals surface area contributed by atoms with E-state index >= 15 is 0 Å². The maximum absolute atomic E-state index is 12.3. The molecular weight excluding hydrogens is 425 g/mol. The molecule has 12 heteroatoms. The van der Waals surface area contributed by atoms with Crippen LogP contribution < -0.4 is 21.5 Å². The van der Waals surface area contributed by atoms with Gasteiger partial charge in [0.25, 0.3) is 11.1 Å². The molecule has 3 N–H and O–H groups in total. The van der Waals surface area contributed by atoms with Gasteiger partial charge in [-0.05, 0) is 18.1 Å². The SMILES string of the molecule is CC(C)c1cc(Oc2c(Cl)cc(-n3c(=O)[nH]nc(CO)c3=O)cc2Cl)n[nH]c1=O. The predicted octanol–water partition coefficient (Wildman–Crippen LogP) is 1.72. The summed E-state index contributed by atoms with van der Waals surface area (Å²) in [5.41, 5.74) is -1.73. The van der Waals surface area contributed by atoms with Crippen molar-refractivity contribution in [1.29, 1.82) is 0 Å². The monoisotopic (exact) mass is 439 g/mol. The summed E-state index contributed by atoms with van der Waals surface area (Å²) in [5, 5.41) is 20.9. The highest BCUT2D eigenvalue weighted by Crippen LogP contribution is 2.37. The lowest BCUT2D eigenvalue weighted by Gasteiger charge is -2.12. The van der Waals surface area contributed by atoms with Gasteiger partial charge in [0.15, 0.2) is 11.4 Å². The standard InChI is InChI=1S/C17H15Cl2N5O5/c1-7(2)9-5-13(21-22-15(9)26)29-14-10(18)3-8(4-11(14)19)24-16(27)12(6-25)20-23-17(24)28/h3-5,7,25H,6H2,1-2H3,(H,22,26)(H,23,28). The number of aliphatic hydroxyl groups excluding tert-OH is 1. The fourth-order valence-corrected chi connectivity index (χ4v) is 3.08. The number of benzene rings is 1. The number of H-pyrrole nitrogens is 2. The van der Waals surface area contributed by atoms with Crippen LogP contribution >= 0.6 is 23.2 Å². The molecule has 0 saturated carbocycles. The second-order valence-electron chi connectivity index (χ2n) is 6.26. The van der Waals surface area contributed by atoms with Crippen molar-refractivity contribution in [2.75, 3.05) is 0 Å². The lowest BCUT2D eigenvalue weighted by Crippen LogP contribution is -2.37. The van der Waals surface area contributed by atoms with E-state index in [1.54, 1.807) is 0 Å². The molecule has 0 bridgehead atoms. The summed E-state index contributed by atoms with van der Waals surface area (Å²) in [7, 11) is 0. The average molecular weight is 440 g/mol. The zero-order valence-electron chi connectivity index (χ0n) is 15.2. The number of aromatic nitrogens is 5. The van der Waals surface area contributed by atoms with E-state index in [9.17, 15) is 19.5 Å². The van der Waals surface area contributed by atoms with Crippen LogP contribution in [0.4, 0.5) is 0 Å². The molecule has 0 aliphatic heterocycles. The van der Waals surface area contributed by atoms with Gasteiger partial charge >= 0.3 is 5.69 Å². The Bertz CT molecular complexity index is 1220. The van der Waals surface area contributed by atoms with E-state index in [0.29, 0.717) is 5.56 Å². The van der Waals surface area contributed by atoms with Crippen molar-refractivity contribution >= 4 is 23.2 Å². The number of aromatic amines is 2. The van der Waals surface area contributed by atoms with Gasteiger partial charge in [0.05, 0.1) is 22.3 Å². The van der Waals surface area contributed by atoms with Crippen molar-refractivity contribution in [1.82, 2.24) is 25.0 Å². The van der Waals surface area contributed by atoms with E-state index in [0.717, 1.165) is 4.57 Å². The third-order valence-electron chi connectivity index (χ3n) is 3.97. The minimum atomic E-state index is -0.836. The van der Waals surface area contributed by atoms with Gasteiger partial charge in [-0.1, -0.05) is 37.0 Å². The molecule has 0 unspecified atom stereocenters. The Balaban J connectivity index is 2.07. The number of hydrogen-bond donors (Lipinski definition) is 3. The summed E-state index contributed by atoms with van der Waals surface area (Å²) in [5.74, 6) is 0.0158. The average Bonchev–Trinajstić information content (AvgIpc) is 2.66. The van der Waals surface area contributed by atoms with Crippen molar-refractivity contribution in [3.8, 4) is 17.3 Å². The van der Waals surface area contributed by atoms with Gasteiger partial charge in [-0.25, -0.2) is 19.6 Å². The Morgan fingerprint density at radius 3 is 2.34 bits per heavy atom. The smallest absolute Gasteiger partial charge is 0.349 e. The number of hydrogen-bond acceptors (Lipinski definition) is 7. The molecule has 0 aliphatic carbocycles. The lowest BCUT2D eigenvalue weighted by molar-refractivity contribution is 0.272. The fraction of sp³-hybridized carbons (Fsp3) is 0.235. The van der Waals surface area contributed by atoms with Crippen LogP contribution in [0.15, 0.2) is 32.6 Å². The van der Waals surface area contributed by atoms with Crippen molar-refractivity contribution in [2.45, 2.75) is 26.4 Å². The molecule has 0 spiro atoms. The molecule has 0 atom stereocenters. The third kappa shape index (κ3) is 4.09. The summed E-state index contributed by atoms with van der Waals surface area (Å²) in [4.78, 5) is 36.2. The second-order valence-corrected chi connectivity index (χ2v) is 7.07. The molecular formula is C17H15Cl2N5O5. The molecule has 10 nitrogen and oxygen atoms in total. The van der Waals surface area contributed by atoms with Gasteiger partial charge in [-0.15, -0.1) is 5.10 Å². The van der Waals surface area contributed by atoms with Crippen LogP contribution in [0, 0.1) is 0 Å². The first-order valence-electron chi connectivity index (χ1n) is 8.31. The molecule has 0 saturated heterocycles. The molecule has 0 aliphatic rings. The van der Waals surface area contributed by atoms with Crippen LogP contribution in [-0.2, 0) is 6.61 Å². The van der Waals surface area contributed by atoms with Crippen LogP contribution in [0.25, 0.3) is 5.69 Å². The first-order chi connectivity index (χ1) is 13.7. The highest BCUT2D eigenvalue weighted by Gasteiger charge is 2.17. The molecule has 0 radical (unpaired) electrons. The highest BCUT2D eigenvalue weighted by atomic mass is 35.5. The third-order valence-corrected chi connectivity index (χ3v) is 4.53. The summed E-state index contributed by atoms with van der Waals surface area (Å²) < 4.78 is 6.34. The molecule has 2 heterocycles. The van der Waals surface area contributed by atoms with E-state index in [2.05, 4.69) is 20.4 Å². The van der Waals surface area contributed by atoms with Gasteiger partial charge in [0.1, 0.15) is 0 Å². The predicted molar refractivity (Wildman–Crippen MR) is 105 cm³/mol. The Hall–Kier alpha value is -2.95. The maximum Gasteiger partial charge on any atom is 0.349 e. The molecule has 2 aromatic heterocycles. The number of halogens is 2. The first-order valence-corrected chi connectivity index (χ1v) is 9.06. The molecule has 29 heavy (non-hydrogen) atoms. The van der Waals surface area contributed by atoms with Crippen LogP contribution in [0.1, 0.15) is 31.0 Å². The van der Waals surface area contributed by atoms with Crippen molar-refractivity contribution in [3.63, 3.8) is 0 Å². The summed E-state index contributed by atoms with van der Waals surface area (Å²) in [6, 6.07) is 4.04. The second kappa shape index (κ2) is 8.19. The first kappa shape index (κ1) is 20.8. The number of nitrogens with zero attached hydrogens (tertiary/aromatic N) is 3. The molecule has 0 fully saturated rings. The summed E-state index contributed by atoms with van der Waals surface area (Å²) in [6.07, 6.45) is 0. The van der Waals surface area contributed by atoms with E-state index in [1.165, 1.54) is 18.2 Å². The van der Waals surface area contributed by atoms with Crippen LogP contribution in [0.2, 0.25) is 10.0 Å². The van der Waals surface area contributed by atoms with Crippen LogP contribution in [0.3, 0.4) is 0 Å². The Morgan fingerprint density at radius 1 is 1.10 bits per heavy atom. The van der Waals surface area contributed by atoms with Gasteiger partial charge in [0.2, 0.25) is 5.88 Å². The zero-order chi connectivity index (χ0) is 21.3. The topological polar surface area (TPSA) is 143 Å². The van der Waals surface area contributed by atoms with E-state index < -0.39 is 17.9 Å². The van der Waals surface area contributed by atoms with Crippen molar-refractivity contribution < 1.29 is 9.84 Å². The van der Waals surface area contributed by atoms with Crippen molar-refractivity contribution in [2.24, 2.45) is 0 Å². The quantitative estimate of drug-likeness (QED) is 0.548. The van der Waals surface area contributed by atoms with Gasteiger partial charge < -0.3 is 9.84 Å². The molecule has 1 aromatic carbocycles. The Labute approximate surface area is 172 Å². The summed E-state index contributed by atoms with van der Waals surface area (Å²) >= 11 is 12.5. The number of ether oxygens (including phenoxy) is 1. The van der Waals surface area contributed by atoms with Crippen molar-refractivity contribution in [3.05, 3.63) is 70.7 Å². The van der Waals surface area contributed by atoms with E-state index in [-0.39, 0.29) is 44.5 Å². The fourth-order valence-electron chi connectivity index (χ4n) is 2.53. The zero-order valence-corrected chi connectivity index (χ0v) is 16.7. The van der Waals surface area contributed by atoms with Gasteiger partial charge in [-0.2, -0.15) is 5.10 Å². The highest BCUT2D eigenvalue weighted by molar-refractivity contribution is 6.37.